The van der Waals surface area contributed by atoms with E-state index in [2.05, 4.69) is 10.1 Å². The number of carbonyl (C=O) groups excluding carboxylic acids is 2. The number of piperazine rings is 1. The minimum absolute atomic E-state index is 0.111. The first-order valence-electron chi connectivity index (χ1n) is 8.04. The monoisotopic (exact) mass is 326 g/mol. The molecule has 2 aromatic heterocycles. The van der Waals surface area contributed by atoms with Crippen molar-refractivity contribution in [3.05, 3.63) is 36.3 Å². The van der Waals surface area contributed by atoms with Gasteiger partial charge in [0.05, 0.1) is 6.54 Å². The lowest BCUT2D eigenvalue weighted by Crippen LogP contribution is -2.57. The van der Waals surface area contributed by atoms with E-state index in [4.69, 9.17) is 4.52 Å². The minimum Gasteiger partial charge on any atom is -0.356 e. The van der Waals surface area contributed by atoms with Crippen molar-refractivity contribution in [1.82, 2.24) is 19.9 Å². The van der Waals surface area contributed by atoms with Crippen molar-refractivity contribution in [3.8, 4) is 11.3 Å². The fourth-order valence-corrected chi connectivity index (χ4v) is 3.02. The van der Waals surface area contributed by atoms with E-state index < -0.39 is 11.8 Å². The van der Waals surface area contributed by atoms with E-state index in [1.807, 2.05) is 19.1 Å². The summed E-state index contributed by atoms with van der Waals surface area (Å²) >= 11 is 0. The second-order valence-electron chi connectivity index (χ2n) is 6.60. The highest BCUT2D eigenvalue weighted by Gasteiger charge is 2.49. The molecule has 24 heavy (non-hydrogen) atoms. The molecule has 0 atom stereocenters. The average molecular weight is 326 g/mol. The third-order valence-electron chi connectivity index (χ3n) is 4.79. The van der Waals surface area contributed by atoms with Crippen molar-refractivity contribution in [2.75, 3.05) is 13.1 Å². The van der Waals surface area contributed by atoms with Crippen molar-refractivity contribution in [1.29, 1.82) is 0 Å². The smallest absolute Gasteiger partial charge is 0.312 e. The maximum atomic E-state index is 12.4. The highest BCUT2D eigenvalue weighted by molar-refractivity contribution is 6.35. The van der Waals surface area contributed by atoms with E-state index in [1.54, 1.807) is 23.4 Å². The lowest BCUT2D eigenvalue weighted by atomic mass is 10.2. The Bertz CT molecular complexity index is 782. The molecule has 3 heterocycles. The van der Waals surface area contributed by atoms with E-state index in [-0.39, 0.29) is 12.1 Å². The summed E-state index contributed by atoms with van der Waals surface area (Å²) in [5.74, 6) is -0.265. The molecule has 7 nitrogen and oxygen atoms in total. The molecule has 2 aromatic rings. The van der Waals surface area contributed by atoms with Crippen LogP contribution in [0, 0.1) is 0 Å². The van der Waals surface area contributed by atoms with Crippen molar-refractivity contribution < 1.29 is 14.1 Å². The van der Waals surface area contributed by atoms with E-state index in [0.29, 0.717) is 24.5 Å². The predicted molar refractivity (Wildman–Crippen MR) is 84.5 cm³/mol. The molecule has 4 rings (SSSR count). The van der Waals surface area contributed by atoms with Gasteiger partial charge in [-0.15, -0.1) is 0 Å². The zero-order chi connectivity index (χ0) is 16.7. The van der Waals surface area contributed by atoms with Gasteiger partial charge < -0.3 is 14.3 Å². The van der Waals surface area contributed by atoms with Gasteiger partial charge in [0.1, 0.15) is 5.69 Å². The Morgan fingerprint density at radius 3 is 2.79 bits per heavy atom. The number of amides is 2. The van der Waals surface area contributed by atoms with Gasteiger partial charge in [-0.25, -0.2) is 0 Å². The highest BCUT2D eigenvalue weighted by Crippen LogP contribution is 2.41. The van der Waals surface area contributed by atoms with E-state index >= 15 is 0 Å². The van der Waals surface area contributed by atoms with Gasteiger partial charge in [0, 0.05) is 42.7 Å². The number of pyridine rings is 1. The summed E-state index contributed by atoms with van der Waals surface area (Å²) in [6.45, 7) is 3.41. The standard InChI is InChI=1S/C17H18N4O3/c1-17(4-5-17)21-8-7-20(15(22)16(21)23)11-13-9-14(24-19-13)12-3-2-6-18-10-12/h2-3,6,9-10H,4-5,7-8,11H2,1H3. The molecule has 2 amide bonds. The Balaban J connectivity index is 1.46. The van der Waals surface area contributed by atoms with Crippen LogP contribution in [0.5, 0.6) is 0 Å². The van der Waals surface area contributed by atoms with Crippen LogP contribution in [0.2, 0.25) is 0 Å². The van der Waals surface area contributed by atoms with Crippen LogP contribution >= 0.6 is 0 Å². The van der Waals surface area contributed by atoms with Crippen LogP contribution in [0.4, 0.5) is 0 Å². The van der Waals surface area contributed by atoms with Gasteiger partial charge in [-0.2, -0.15) is 0 Å². The van der Waals surface area contributed by atoms with E-state index in [0.717, 1.165) is 18.4 Å². The largest absolute Gasteiger partial charge is 0.356 e. The maximum Gasteiger partial charge on any atom is 0.312 e. The molecule has 1 saturated heterocycles. The molecular weight excluding hydrogens is 308 g/mol. The summed E-state index contributed by atoms with van der Waals surface area (Å²) in [5, 5.41) is 4.00. The molecule has 0 spiro atoms. The molecule has 2 aliphatic rings. The summed E-state index contributed by atoms with van der Waals surface area (Å²) < 4.78 is 5.32. The number of hydrogen-bond donors (Lipinski definition) is 0. The van der Waals surface area contributed by atoms with E-state index in [9.17, 15) is 9.59 Å². The molecule has 0 unspecified atom stereocenters. The van der Waals surface area contributed by atoms with Crippen LogP contribution in [0.15, 0.2) is 35.1 Å². The first-order chi connectivity index (χ1) is 11.6. The van der Waals surface area contributed by atoms with Crippen LogP contribution in [0.25, 0.3) is 11.3 Å². The van der Waals surface area contributed by atoms with Crippen molar-refractivity contribution in [2.45, 2.75) is 31.8 Å². The normalized spacial score (nSPS) is 19.7. The van der Waals surface area contributed by atoms with Crippen LogP contribution < -0.4 is 0 Å². The Hall–Kier alpha value is -2.70. The molecule has 0 aromatic carbocycles. The third kappa shape index (κ3) is 2.55. The predicted octanol–water partition coefficient (Wildman–Crippen LogP) is 1.46. The van der Waals surface area contributed by atoms with Gasteiger partial charge in [-0.3, -0.25) is 14.6 Å². The number of aromatic nitrogens is 2. The van der Waals surface area contributed by atoms with Gasteiger partial charge in [-0.1, -0.05) is 5.16 Å². The fraction of sp³-hybridized carbons (Fsp3) is 0.412. The zero-order valence-corrected chi connectivity index (χ0v) is 13.4. The number of hydrogen-bond acceptors (Lipinski definition) is 5. The van der Waals surface area contributed by atoms with Gasteiger partial charge in [0.2, 0.25) is 0 Å². The number of carbonyl (C=O) groups is 2. The second kappa shape index (κ2) is 5.43. The zero-order valence-electron chi connectivity index (χ0n) is 13.4. The van der Waals surface area contributed by atoms with Crippen LogP contribution in [0.3, 0.4) is 0 Å². The first-order valence-corrected chi connectivity index (χ1v) is 8.04. The summed E-state index contributed by atoms with van der Waals surface area (Å²) in [7, 11) is 0. The average Bonchev–Trinajstić information content (AvgIpc) is 3.17. The topological polar surface area (TPSA) is 79.5 Å². The van der Waals surface area contributed by atoms with E-state index in [1.165, 1.54) is 4.90 Å². The quantitative estimate of drug-likeness (QED) is 0.795. The first kappa shape index (κ1) is 14.9. The Kier molecular flexibility index (Phi) is 3.37. The molecule has 0 bridgehead atoms. The molecule has 0 N–H and O–H groups in total. The third-order valence-corrected chi connectivity index (χ3v) is 4.79. The van der Waals surface area contributed by atoms with Crippen LogP contribution in [-0.2, 0) is 16.1 Å². The fourth-order valence-electron chi connectivity index (χ4n) is 3.02. The van der Waals surface area contributed by atoms with Crippen LogP contribution in [0.1, 0.15) is 25.5 Å². The molecule has 7 heteroatoms. The molecule has 0 radical (unpaired) electrons. The minimum atomic E-state index is -0.458. The van der Waals surface area contributed by atoms with Crippen molar-refractivity contribution >= 4 is 11.8 Å². The lowest BCUT2D eigenvalue weighted by Gasteiger charge is -2.37. The Morgan fingerprint density at radius 1 is 1.25 bits per heavy atom. The van der Waals surface area contributed by atoms with Gasteiger partial charge in [0.25, 0.3) is 0 Å². The number of rotatable bonds is 4. The molecule has 1 aliphatic heterocycles. The van der Waals surface area contributed by atoms with Crippen LogP contribution in [-0.4, -0.2) is 50.4 Å². The van der Waals surface area contributed by atoms with Gasteiger partial charge >= 0.3 is 11.8 Å². The van der Waals surface area contributed by atoms with Gasteiger partial charge in [-0.05, 0) is 31.9 Å². The SMILES string of the molecule is CC1(N2CCN(Cc3cc(-c4cccnc4)on3)C(=O)C2=O)CC1. The summed E-state index contributed by atoms with van der Waals surface area (Å²) in [6, 6.07) is 5.47. The molecule has 1 saturated carbocycles. The van der Waals surface area contributed by atoms with Gasteiger partial charge in [0.15, 0.2) is 5.76 Å². The lowest BCUT2D eigenvalue weighted by molar-refractivity contribution is -0.158. The molecule has 2 fully saturated rings. The Labute approximate surface area is 139 Å². The maximum absolute atomic E-state index is 12.4. The molecule has 124 valence electrons. The second-order valence-corrected chi connectivity index (χ2v) is 6.60. The summed E-state index contributed by atoms with van der Waals surface area (Å²) in [6.07, 6.45) is 5.33. The molecule has 1 aliphatic carbocycles. The number of nitrogens with zero attached hydrogens (tertiary/aromatic N) is 4. The van der Waals surface area contributed by atoms with Crippen molar-refractivity contribution in [3.63, 3.8) is 0 Å². The van der Waals surface area contributed by atoms with Crippen molar-refractivity contribution in [2.24, 2.45) is 0 Å². The molecular formula is C17H18N4O3. The Morgan fingerprint density at radius 2 is 2.08 bits per heavy atom. The summed E-state index contributed by atoms with van der Waals surface area (Å²) in [5.41, 5.74) is 1.34. The summed E-state index contributed by atoms with van der Waals surface area (Å²) in [4.78, 5) is 32.0. The highest BCUT2D eigenvalue weighted by atomic mass is 16.5.